The number of Topliss-reactive ketones (excluding diaryl/α,β-unsaturated/α-hetero) is 1. The van der Waals surface area contributed by atoms with Crippen molar-refractivity contribution in [2.45, 2.75) is 19.3 Å². The zero-order chi connectivity index (χ0) is 10.4. The van der Waals surface area contributed by atoms with E-state index in [1.54, 1.807) is 0 Å². The quantitative estimate of drug-likeness (QED) is 0.348. The second-order valence-electron chi connectivity index (χ2n) is 3.08. The third-order valence-electron chi connectivity index (χ3n) is 1.93. The van der Waals surface area contributed by atoms with Gasteiger partial charge in [-0.05, 0) is 47.6 Å². The summed E-state index contributed by atoms with van der Waals surface area (Å²) < 4.78 is 1.10. The van der Waals surface area contributed by atoms with Crippen LogP contribution in [0.4, 0.5) is 0 Å². The van der Waals surface area contributed by atoms with E-state index in [0.29, 0.717) is 12.3 Å². The van der Waals surface area contributed by atoms with Gasteiger partial charge in [-0.1, -0.05) is 12.1 Å². The number of alkyl halides is 1. The third-order valence-corrected chi connectivity index (χ3v) is 2.87. The summed E-state index contributed by atoms with van der Waals surface area (Å²) in [5.74, 6) is 0.855. The van der Waals surface area contributed by atoms with Crippen molar-refractivity contribution in [1.29, 1.82) is 0 Å². The lowest BCUT2D eigenvalue weighted by molar-refractivity contribution is 0.0980. The molecule has 1 rings (SSSR count). The van der Waals surface area contributed by atoms with Gasteiger partial charge in [0.05, 0.1) is 0 Å². The molecule has 0 saturated carbocycles. The second kappa shape index (κ2) is 6.40. The van der Waals surface area contributed by atoms with Crippen LogP contribution in [0.15, 0.2) is 24.3 Å². The molecule has 0 atom stereocenters. The van der Waals surface area contributed by atoms with Crippen molar-refractivity contribution in [2.24, 2.45) is 0 Å². The second-order valence-corrected chi connectivity index (χ2v) is 4.70. The van der Waals surface area contributed by atoms with E-state index in [4.69, 9.17) is 11.6 Å². The zero-order valence-electron chi connectivity index (χ0n) is 7.80. The Balaban J connectivity index is 2.52. The number of carbonyl (C=O) groups excluding carboxylic acids is 1. The molecule has 1 nitrogen and oxygen atoms in total. The van der Waals surface area contributed by atoms with E-state index in [1.807, 2.05) is 24.3 Å². The summed E-state index contributed by atoms with van der Waals surface area (Å²) in [6.45, 7) is 0. The molecule has 0 saturated heterocycles. The summed E-state index contributed by atoms with van der Waals surface area (Å²) in [4.78, 5) is 11.6. The molecule has 14 heavy (non-hydrogen) atoms. The summed E-state index contributed by atoms with van der Waals surface area (Å²) >= 11 is 7.75. The van der Waals surface area contributed by atoms with Gasteiger partial charge < -0.3 is 0 Å². The minimum atomic E-state index is 0.216. The van der Waals surface area contributed by atoms with E-state index in [0.717, 1.165) is 22.0 Å². The molecule has 0 bridgehead atoms. The van der Waals surface area contributed by atoms with Gasteiger partial charge in [0.15, 0.2) is 5.78 Å². The fourth-order valence-electron chi connectivity index (χ4n) is 1.19. The summed E-state index contributed by atoms with van der Waals surface area (Å²) in [7, 11) is 0. The van der Waals surface area contributed by atoms with Gasteiger partial charge in [0.1, 0.15) is 0 Å². The van der Waals surface area contributed by atoms with Crippen LogP contribution in [0.25, 0.3) is 0 Å². The Morgan fingerprint density at radius 2 is 2.14 bits per heavy atom. The van der Waals surface area contributed by atoms with Crippen molar-refractivity contribution in [2.75, 3.05) is 5.88 Å². The summed E-state index contributed by atoms with van der Waals surface area (Å²) in [5, 5.41) is 0. The monoisotopic (exact) mass is 322 g/mol. The van der Waals surface area contributed by atoms with Gasteiger partial charge in [-0.3, -0.25) is 4.79 Å². The van der Waals surface area contributed by atoms with Crippen molar-refractivity contribution in [3.8, 4) is 0 Å². The standard InChI is InChI=1S/C11H12ClIO/c12-7-2-1-6-11(14)9-4-3-5-10(13)8-9/h3-5,8H,1-2,6-7H2. The molecule has 0 heterocycles. The molecule has 1 aromatic carbocycles. The van der Waals surface area contributed by atoms with Crippen molar-refractivity contribution >= 4 is 40.0 Å². The van der Waals surface area contributed by atoms with Crippen LogP contribution >= 0.6 is 34.2 Å². The zero-order valence-corrected chi connectivity index (χ0v) is 10.7. The SMILES string of the molecule is O=C(CCCCCl)c1cccc(I)c1. The third kappa shape index (κ3) is 3.96. The highest BCUT2D eigenvalue weighted by atomic mass is 127. The van der Waals surface area contributed by atoms with Crippen LogP contribution in [0.1, 0.15) is 29.6 Å². The predicted octanol–water partition coefficient (Wildman–Crippen LogP) is 3.88. The fourth-order valence-corrected chi connectivity index (χ4v) is 1.92. The normalized spacial score (nSPS) is 10.1. The number of unbranched alkanes of at least 4 members (excludes halogenated alkanes) is 1. The molecule has 0 radical (unpaired) electrons. The van der Waals surface area contributed by atoms with Crippen molar-refractivity contribution in [1.82, 2.24) is 0 Å². The minimum absolute atomic E-state index is 0.216. The molecular weight excluding hydrogens is 310 g/mol. The van der Waals surface area contributed by atoms with E-state index in [1.165, 1.54) is 0 Å². The topological polar surface area (TPSA) is 17.1 Å². The predicted molar refractivity (Wildman–Crippen MR) is 68.1 cm³/mol. The molecule has 0 amide bonds. The Morgan fingerprint density at radius 1 is 1.36 bits per heavy atom. The van der Waals surface area contributed by atoms with Gasteiger partial charge in [0.25, 0.3) is 0 Å². The van der Waals surface area contributed by atoms with Gasteiger partial charge in [0.2, 0.25) is 0 Å². The Kier molecular flexibility index (Phi) is 5.48. The molecule has 0 aliphatic heterocycles. The Morgan fingerprint density at radius 3 is 2.79 bits per heavy atom. The first kappa shape index (κ1) is 12.0. The van der Waals surface area contributed by atoms with Gasteiger partial charge in [-0.15, -0.1) is 11.6 Å². The van der Waals surface area contributed by atoms with Gasteiger partial charge in [0, 0.05) is 21.4 Å². The largest absolute Gasteiger partial charge is 0.294 e. The van der Waals surface area contributed by atoms with Crippen LogP contribution in [0, 0.1) is 3.57 Å². The van der Waals surface area contributed by atoms with Crippen LogP contribution in [0.3, 0.4) is 0 Å². The highest BCUT2D eigenvalue weighted by Gasteiger charge is 2.04. The molecule has 0 aromatic heterocycles. The molecular formula is C11H12ClIO. The van der Waals surface area contributed by atoms with E-state index in [9.17, 15) is 4.79 Å². The number of rotatable bonds is 5. The van der Waals surface area contributed by atoms with E-state index < -0.39 is 0 Å². The Labute approximate surface area is 103 Å². The first-order valence-electron chi connectivity index (χ1n) is 4.59. The van der Waals surface area contributed by atoms with Crippen molar-refractivity contribution < 1.29 is 4.79 Å². The average Bonchev–Trinajstić information content (AvgIpc) is 2.18. The number of hydrogen-bond donors (Lipinski definition) is 0. The molecule has 0 fully saturated rings. The molecule has 3 heteroatoms. The molecule has 1 aromatic rings. The lowest BCUT2D eigenvalue weighted by atomic mass is 10.1. The van der Waals surface area contributed by atoms with Crippen molar-refractivity contribution in [3.05, 3.63) is 33.4 Å². The average molecular weight is 323 g/mol. The molecule has 0 unspecified atom stereocenters. The van der Waals surface area contributed by atoms with Crippen molar-refractivity contribution in [3.63, 3.8) is 0 Å². The Hall–Kier alpha value is -0.0900. The maximum absolute atomic E-state index is 11.6. The van der Waals surface area contributed by atoms with Crippen LogP contribution in [0.5, 0.6) is 0 Å². The molecule has 0 aliphatic carbocycles. The first-order valence-corrected chi connectivity index (χ1v) is 6.20. The fraction of sp³-hybridized carbons (Fsp3) is 0.364. The van der Waals surface area contributed by atoms with Crippen LogP contribution < -0.4 is 0 Å². The van der Waals surface area contributed by atoms with Crippen LogP contribution in [-0.4, -0.2) is 11.7 Å². The maximum atomic E-state index is 11.6. The highest BCUT2D eigenvalue weighted by molar-refractivity contribution is 14.1. The molecule has 0 N–H and O–H groups in total. The number of halogens is 2. The molecule has 0 aliphatic rings. The molecule has 76 valence electrons. The lowest BCUT2D eigenvalue weighted by Crippen LogP contribution is -1.99. The molecule has 0 spiro atoms. The minimum Gasteiger partial charge on any atom is -0.294 e. The smallest absolute Gasteiger partial charge is 0.162 e. The number of benzene rings is 1. The van der Waals surface area contributed by atoms with E-state index >= 15 is 0 Å². The van der Waals surface area contributed by atoms with Gasteiger partial charge in [-0.25, -0.2) is 0 Å². The van der Waals surface area contributed by atoms with Crippen LogP contribution in [0.2, 0.25) is 0 Å². The lowest BCUT2D eigenvalue weighted by Gasteiger charge is -2.00. The first-order chi connectivity index (χ1) is 6.74. The summed E-state index contributed by atoms with van der Waals surface area (Å²) in [6, 6.07) is 7.68. The van der Waals surface area contributed by atoms with E-state index in [2.05, 4.69) is 22.6 Å². The number of ketones is 1. The van der Waals surface area contributed by atoms with E-state index in [-0.39, 0.29) is 5.78 Å². The highest BCUT2D eigenvalue weighted by Crippen LogP contribution is 2.11. The summed E-state index contributed by atoms with van der Waals surface area (Å²) in [5.41, 5.74) is 0.812. The maximum Gasteiger partial charge on any atom is 0.162 e. The van der Waals surface area contributed by atoms with Gasteiger partial charge >= 0.3 is 0 Å². The van der Waals surface area contributed by atoms with Crippen LogP contribution in [-0.2, 0) is 0 Å². The van der Waals surface area contributed by atoms with Gasteiger partial charge in [-0.2, -0.15) is 0 Å². The Bertz CT molecular complexity index is 312. The number of hydrogen-bond acceptors (Lipinski definition) is 1. The summed E-state index contributed by atoms with van der Waals surface area (Å²) in [6.07, 6.45) is 2.40. The number of carbonyl (C=O) groups is 1.